The first-order valence-corrected chi connectivity index (χ1v) is 11.5. The molecule has 0 unspecified atom stereocenters. The van der Waals surface area contributed by atoms with E-state index in [9.17, 15) is 29.8 Å². The average Bonchev–Trinajstić information content (AvgIpc) is 3.36. The normalized spacial score (nSPS) is 12.2. The number of alkyl halides is 1. The van der Waals surface area contributed by atoms with E-state index in [1.165, 1.54) is 12.1 Å². The first-order chi connectivity index (χ1) is 17.7. The van der Waals surface area contributed by atoms with Crippen LogP contribution in [0.15, 0.2) is 46.0 Å². The smallest absolute Gasteiger partial charge is 0.423 e. The Labute approximate surface area is 215 Å². The maximum Gasteiger partial charge on any atom is 0.488 e. The maximum absolute atomic E-state index is 13.0. The molecule has 3 aromatic rings. The van der Waals surface area contributed by atoms with Crippen molar-refractivity contribution in [3.63, 3.8) is 0 Å². The van der Waals surface area contributed by atoms with Crippen LogP contribution >= 0.6 is 11.6 Å². The number of fused-ring (bicyclic) bond motifs is 1. The maximum atomic E-state index is 13.0. The van der Waals surface area contributed by atoms with Crippen molar-refractivity contribution < 1.29 is 29.2 Å². The second-order valence-electron chi connectivity index (χ2n) is 7.85. The number of amidine groups is 1. The van der Waals surface area contributed by atoms with Crippen LogP contribution in [0.4, 0.5) is 5.69 Å². The van der Waals surface area contributed by atoms with Gasteiger partial charge in [0.15, 0.2) is 0 Å². The molecule has 1 heterocycles. The second-order valence-corrected chi connectivity index (χ2v) is 8.12. The summed E-state index contributed by atoms with van der Waals surface area (Å²) in [7, 11) is -1.73. The fraction of sp³-hybridized carbons (Fsp3) is 0.286. The Balaban J connectivity index is 1.78. The predicted octanol–water partition coefficient (Wildman–Crippen LogP) is -0.398. The molecule has 0 saturated heterocycles. The number of carbonyl (C=O) groups is 2. The van der Waals surface area contributed by atoms with Gasteiger partial charge in [0.1, 0.15) is 17.4 Å². The Morgan fingerprint density at radius 1 is 1.27 bits per heavy atom. The summed E-state index contributed by atoms with van der Waals surface area (Å²) in [4.78, 5) is 40.7. The topological polar surface area (TPSA) is 219 Å². The number of nitrogens with one attached hydrogen (secondary N) is 2. The van der Waals surface area contributed by atoms with Crippen molar-refractivity contribution in [1.29, 1.82) is 0 Å². The Morgan fingerprint density at radius 2 is 2.03 bits per heavy atom. The fourth-order valence-corrected chi connectivity index (χ4v) is 3.55. The van der Waals surface area contributed by atoms with Gasteiger partial charge in [0.25, 0.3) is 5.91 Å². The molecule has 16 heteroatoms. The highest BCUT2D eigenvalue weighted by Gasteiger charge is 2.25. The predicted molar refractivity (Wildman–Crippen MR) is 134 cm³/mol. The number of aromatic nitrogens is 2. The number of nitro groups is 1. The van der Waals surface area contributed by atoms with Gasteiger partial charge in [-0.2, -0.15) is 0 Å². The Kier molecular flexibility index (Phi) is 9.48. The van der Waals surface area contributed by atoms with Crippen LogP contribution in [0, 0.1) is 10.1 Å². The third-order valence-electron chi connectivity index (χ3n) is 5.31. The number of nitrogens with zero attached hydrogens (tertiary/aromatic N) is 4. The number of carbonyl (C=O) groups excluding carboxylic acids is 2. The SMILES string of the molecule is NC(CCl)=NCCC[C@H](NC(=O)c1cc([N+](=O)[O-])c2nonc2c1)C(=O)NCc1ccccc1B(O)O. The van der Waals surface area contributed by atoms with E-state index in [1.807, 2.05) is 0 Å². The van der Waals surface area contributed by atoms with Gasteiger partial charge in [-0.25, -0.2) is 4.63 Å². The summed E-state index contributed by atoms with van der Waals surface area (Å²) in [5.74, 6) is -1.05. The van der Waals surface area contributed by atoms with Crippen LogP contribution in [0.3, 0.4) is 0 Å². The van der Waals surface area contributed by atoms with Crippen LogP contribution in [-0.2, 0) is 11.3 Å². The van der Waals surface area contributed by atoms with Gasteiger partial charge >= 0.3 is 12.8 Å². The number of non-ortho nitro benzene ring substituents is 1. The van der Waals surface area contributed by atoms with Gasteiger partial charge in [0, 0.05) is 24.7 Å². The molecule has 1 atom stereocenters. The molecule has 14 nitrogen and oxygen atoms in total. The van der Waals surface area contributed by atoms with Gasteiger partial charge in [-0.15, -0.1) is 11.6 Å². The van der Waals surface area contributed by atoms with E-state index in [2.05, 4.69) is 30.6 Å². The Bertz CT molecular complexity index is 1320. The average molecular weight is 532 g/mol. The molecule has 2 aromatic carbocycles. The molecule has 0 saturated carbocycles. The molecule has 0 aliphatic heterocycles. The molecule has 3 rings (SSSR count). The number of hydrogen-bond donors (Lipinski definition) is 5. The van der Waals surface area contributed by atoms with Crippen LogP contribution < -0.4 is 21.8 Å². The lowest BCUT2D eigenvalue weighted by atomic mass is 9.77. The molecular weight excluding hydrogens is 509 g/mol. The third kappa shape index (κ3) is 7.22. The molecule has 6 N–H and O–H groups in total. The van der Waals surface area contributed by atoms with Gasteiger partial charge in [0.05, 0.1) is 10.8 Å². The summed E-state index contributed by atoms with van der Waals surface area (Å²) in [5, 5.41) is 42.8. The minimum atomic E-state index is -1.73. The molecule has 0 bridgehead atoms. The lowest BCUT2D eigenvalue weighted by molar-refractivity contribution is -0.383. The number of benzene rings is 2. The van der Waals surface area contributed by atoms with Crippen LogP contribution in [0.5, 0.6) is 0 Å². The van der Waals surface area contributed by atoms with Gasteiger partial charge in [-0.3, -0.25) is 24.7 Å². The van der Waals surface area contributed by atoms with E-state index in [4.69, 9.17) is 17.3 Å². The first kappa shape index (κ1) is 27.5. The summed E-state index contributed by atoms with van der Waals surface area (Å²) in [6.45, 7) is 0.207. The van der Waals surface area contributed by atoms with Crippen molar-refractivity contribution in [1.82, 2.24) is 20.9 Å². The van der Waals surface area contributed by atoms with Crippen LogP contribution in [0.25, 0.3) is 11.0 Å². The number of rotatable bonds is 12. The summed E-state index contributed by atoms with van der Waals surface area (Å²) in [6.07, 6.45) is 0.505. The standard InChI is InChI=1S/C21H23BClN7O7/c23-10-18(24)25-7-3-6-15(21(32)26-11-12-4-1-2-5-14(12)22(33)34)27-20(31)13-8-16-19(29-37-28-16)17(9-13)30(35)36/h1-2,4-5,8-9,15,33-34H,3,6-7,10-11H2,(H2,24,25)(H,26,32)(H,27,31)/t15-/m0/s1. The molecular formula is C21H23BClN7O7. The van der Waals surface area contributed by atoms with Crippen molar-refractivity contribution >= 4 is 58.6 Å². The molecule has 194 valence electrons. The van der Waals surface area contributed by atoms with E-state index in [0.29, 0.717) is 12.0 Å². The molecule has 0 aliphatic rings. The molecule has 0 spiro atoms. The molecule has 37 heavy (non-hydrogen) atoms. The summed E-state index contributed by atoms with van der Waals surface area (Å²) in [5.41, 5.74) is 5.57. The van der Waals surface area contributed by atoms with Gasteiger partial charge < -0.3 is 26.4 Å². The highest BCUT2D eigenvalue weighted by atomic mass is 35.5. The molecule has 0 aliphatic carbocycles. The molecule has 1 aromatic heterocycles. The van der Waals surface area contributed by atoms with Crippen molar-refractivity contribution in [2.75, 3.05) is 12.4 Å². The largest absolute Gasteiger partial charge is 0.488 e. The highest BCUT2D eigenvalue weighted by molar-refractivity contribution is 6.59. The zero-order valence-electron chi connectivity index (χ0n) is 19.3. The summed E-state index contributed by atoms with van der Waals surface area (Å²) >= 11 is 5.61. The van der Waals surface area contributed by atoms with E-state index in [0.717, 1.165) is 6.07 Å². The van der Waals surface area contributed by atoms with Gasteiger partial charge in [0.2, 0.25) is 11.4 Å². The van der Waals surface area contributed by atoms with Crippen LogP contribution in [0.1, 0.15) is 28.8 Å². The molecule has 2 amide bonds. The molecule has 0 radical (unpaired) electrons. The number of halogens is 1. The fourth-order valence-electron chi connectivity index (χ4n) is 3.47. The van der Waals surface area contributed by atoms with E-state index in [1.54, 1.807) is 18.2 Å². The summed E-state index contributed by atoms with van der Waals surface area (Å²) in [6, 6.07) is 7.63. The van der Waals surface area contributed by atoms with Gasteiger partial charge in [-0.1, -0.05) is 24.3 Å². The van der Waals surface area contributed by atoms with Crippen molar-refractivity contribution in [3.8, 4) is 0 Å². The third-order valence-corrected chi connectivity index (χ3v) is 5.58. The molecule has 0 fully saturated rings. The number of nitrogens with two attached hydrogens (primary N) is 1. The number of hydrogen-bond acceptors (Lipinski definition) is 10. The minimum Gasteiger partial charge on any atom is -0.423 e. The lowest BCUT2D eigenvalue weighted by Crippen LogP contribution is -2.47. The van der Waals surface area contributed by atoms with Crippen LogP contribution in [0.2, 0.25) is 0 Å². The van der Waals surface area contributed by atoms with E-state index >= 15 is 0 Å². The van der Waals surface area contributed by atoms with E-state index < -0.39 is 35.6 Å². The zero-order valence-corrected chi connectivity index (χ0v) is 20.1. The Hall–Kier alpha value is -4.08. The summed E-state index contributed by atoms with van der Waals surface area (Å²) < 4.78 is 4.54. The van der Waals surface area contributed by atoms with Crippen molar-refractivity contribution in [2.45, 2.75) is 25.4 Å². The monoisotopic (exact) mass is 531 g/mol. The quantitative estimate of drug-likeness (QED) is 0.0387. The number of nitro benzene ring substituents is 1. The minimum absolute atomic E-state index is 0.00501. The lowest BCUT2D eigenvalue weighted by Gasteiger charge is -2.19. The van der Waals surface area contributed by atoms with Gasteiger partial charge in [-0.05, 0) is 40.2 Å². The number of aliphatic imine (C=N–C) groups is 1. The zero-order chi connectivity index (χ0) is 26.9. The van der Waals surface area contributed by atoms with Crippen LogP contribution in [-0.4, -0.2) is 68.5 Å². The van der Waals surface area contributed by atoms with Crippen molar-refractivity contribution in [3.05, 3.63) is 57.6 Å². The van der Waals surface area contributed by atoms with Crippen molar-refractivity contribution in [2.24, 2.45) is 10.7 Å². The first-order valence-electron chi connectivity index (χ1n) is 11.0. The van der Waals surface area contributed by atoms with E-state index in [-0.39, 0.29) is 53.3 Å². The second kappa shape index (κ2) is 12.8. The Morgan fingerprint density at radius 3 is 2.73 bits per heavy atom. The highest BCUT2D eigenvalue weighted by Crippen LogP contribution is 2.24. The number of amides is 2.